The van der Waals surface area contributed by atoms with Crippen molar-refractivity contribution in [2.45, 2.75) is 31.4 Å². The lowest BCUT2D eigenvalue weighted by atomic mass is 9.96. The number of nitrogens with zero attached hydrogens (tertiary/aromatic N) is 2. The van der Waals surface area contributed by atoms with Crippen LogP contribution in [0.25, 0.3) is 0 Å². The van der Waals surface area contributed by atoms with Gasteiger partial charge in [-0.3, -0.25) is 4.79 Å². The number of carbonyl (C=O) groups excluding carboxylic acids is 1. The minimum Gasteiger partial charge on any atom is -0.300 e. The van der Waals surface area contributed by atoms with E-state index in [4.69, 9.17) is 0 Å². The topological polar surface area (TPSA) is 54.9 Å². The summed E-state index contributed by atoms with van der Waals surface area (Å²) in [5.41, 5.74) is -0.426. The lowest BCUT2D eigenvalue weighted by molar-refractivity contribution is -0.123. The highest BCUT2D eigenvalue weighted by Gasteiger charge is 2.22. The van der Waals surface area contributed by atoms with Gasteiger partial charge >= 0.3 is 0 Å². The summed E-state index contributed by atoms with van der Waals surface area (Å²) in [5.74, 6) is 0.712. The van der Waals surface area contributed by atoms with Crippen LogP contribution in [0.1, 0.15) is 25.8 Å². The molecule has 1 aromatic heterocycles. The number of carbonyl (C=O) groups is 1. The summed E-state index contributed by atoms with van der Waals surface area (Å²) in [5, 5.41) is 12.4. The molecule has 0 saturated heterocycles. The summed E-state index contributed by atoms with van der Waals surface area (Å²) in [6, 6.07) is 10.1. The maximum absolute atomic E-state index is 11.8. The van der Waals surface area contributed by atoms with Crippen LogP contribution in [0.15, 0.2) is 35.2 Å². The predicted octanol–water partition coefficient (Wildman–Crippen LogP) is 3.82. The van der Waals surface area contributed by atoms with Crippen LogP contribution in [-0.2, 0) is 10.5 Å². The summed E-state index contributed by atoms with van der Waals surface area (Å²) in [6.45, 7) is 5.61. The Labute approximate surface area is 127 Å². The Kier molecular flexibility index (Phi) is 4.77. The Bertz CT molecular complexity index is 576. The van der Waals surface area contributed by atoms with Gasteiger partial charge in [0, 0.05) is 10.3 Å². The molecule has 1 amide bonds. The Morgan fingerprint density at radius 2 is 1.95 bits per heavy atom. The van der Waals surface area contributed by atoms with Crippen molar-refractivity contribution in [1.82, 2.24) is 10.2 Å². The highest BCUT2D eigenvalue weighted by Crippen LogP contribution is 2.26. The van der Waals surface area contributed by atoms with Gasteiger partial charge in [-0.2, -0.15) is 0 Å². The van der Waals surface area contributed by atoms with Crippen LogP contribution in [0, 0.1) is 5.41 Å². The largest absolute Gasteiger partial charge is 0.300 e. The molecule has 0 atom stereocenters. The van der Waals surface area contributed by atoms with Crippen molar-refractivity contribution < 1.29 is 4.79 Å². The maximum atomic E-state index is 11.8. The van der Waals surface area contributed by atoms with Gasteiger partial charge < -0.3 is 5.32 Å². The van der Waals surface area contributed by atoms with Gasteiger partial charge in [0.2, 0.25) is 11.0 Å². The van der Waals surface area contributed by atoms with Crippen molar-refractivity contribution >= 4 is 34.1 Å². The van der Waals surface area contributed by atoms with Crippen molar-refractivity contribution in [3.05, 3.63) is 35.3 Å². The van der Waals surface area contributed by atoms with Crippen LogP contribution in [0.2, 0.25) is 0 Å². The van der Waals surface area contributed by atoms with Gasteiger partial charge in [0.25, 0.3) is 0 Å². The molecule has 0 aliphatic heterocycles. The molecule has 2 aromatic rings. The first-order valence-corrected chi connectivity index (χ1v) is 8.07. The fraction of sp³-hybridized carbons (Fsp3) is 0.357. The molecular weight excluding hydrogens is 290 g/mol. The van der Waals surface area contributed by atoms with Gasteiger partial charge in [-0.25, -0.2) is 0 Å². The second-order valence-electron chi connectivity index (χ2n) is 5.31. The zero-order chi connectivity index (χ0) is 14.6. The Morgan fingerprint density at radius 1 is 1.25 bits per heavy atom. The minimum atomic E-state index is -0.426. The first-order chi connectivity index (χ1) is 9.45. The highest BCUT2D eigenvalue weighted by atomic mass is 32.2. The third kappa shape index (κ3) is 4.31. The molecule has 0 aliphatic rings. The van der Waals surface area contributed by atoms with Crippen LogP contribution in [0.4, 0.5) is 5.13 Å². The molecule has 6 heteroatoms. The van der Waals surface area contributed by atoms with Crippen LogP contribution < -0.4 is 5.32 Å². The van der Waals surface area contributed by atoms with Gasteiger partial charge in [-0.05, 0) is 12.1 Å². The van der Waals surface area contributed by atoms with E-state index in [0.717, 1.165) is 10.8 Å². The number of rotatable bonds is 4. The molecule has 0 fully saturated rings. The molecule has 106 valence electrons. The molecule has 0 unspecified atom stereocenters. The second kappa shape index (κ2) is 6.37. The number of amides is 1. The first kappa shape index (κ1) is 15.0. The number of aromatic nitrogens is 2. The highest BCUT2D eigenvalue weighted by molar-refractivity contribution is 7.98. The van der Waals surface area contributed by atoms with Crippen LogP contribution in [0.3, 0.4) is 0 Å². The summed E-state index contributed by atoms with van der Waals surface area (Å²) < 4.78 is 0. The molecule has 20 heavy (non-hydrogen) atoms. The molecule has 1 heterocycles. The summed E-state index contributed by atoms with van der Waals surface area (Å²) in [7, 11) is 0. The van der Waals surface area contributed by atoms with Gasteiger partial charge in [0.15, 0.2) is 0 Å². The Balaban J connectivity index is 1.91. The molecule has 2 rings (SSSR count). The first-order valence-electron chi connectivity index (χ1n) is 6.27. The molecule has 1 N–H and O–H groups in total. The summed E-state index contributed by atoms with van der Waals surface area (Å²) >= 11 is 3.13. The number of thioether (sulfide) groups is 1. The van der Waals surface area contributed by atoms with E-state index in [1.54, 1.807) is 11.8 Å². The molecule has 0 saturated carbocycles. The van der Waals surface area contributed by atoms with E-state index < -0.39 is 5.41 Å². The fourth-order valence-electron chi connectivity index (χ4n) is 1.31. The Morgan fingerprint density at radius 3 is 2.60 bits per heavy atom. The standard InChI is InChI=1S/C14H17N3OS2/c1-14(2,3)12(18)15-13-17-16-11(20-13)9-19-10-7-5-4-6-8-10/h4-8H,9H2,1-3H3,(H,15,17,18). The van der Waals surface area contributed by atoms with Crippen molar-refractivity contribution in [3.63, 3.8) is 0 Å². The van der Waals surface area contributed by atoms with Crippen molar-refractivity contribution in [3.8, 4) is 0 Å². The average Bonchev–Trinajstić information content (AvgIpc) is 2.84. The van der Waals surface area contributed by atoms with E-state index in [1.807, 2.05) is 39.0 Å². The molecule has 1 aromatic carbocycles. The number of anilines is 1. The van der Waals surface area contributed by atoms with Crippen LogP contribution in [0.5, 0.6) is 0 Å². The van der Waals surface area contributed by atoms with Crippen molar-refractivity contribution in [2.75, 3.05) is 5.32 Å². The third-order valence-corrected chi connectivity index (χ3v) is 4.52. The predicted molar refractivity (Wildman–Crippen MR) is 84.0 cm³/mol. The minimum absolute atomic E-state index is 0.0455. The van der Waals surface area contributed by atoms with Crippen LogP contribution in [-0.4, -0.2) is 16.1 Å². The monoisotopic (exact) mass is 307 g/mol. The van der Waals surface area contributed by atoms with Gasteiger partial charge in [0.1, 0.15) is 5.01 Å². The normalized spacial score (nSPS) is 11.3. The third-order valence-electron chi connectivity index (χ3n) is 2.47. The Hall–Kier alpha value is -1.40. The zero-order valence-corrected chi connectivity index (χ0v) is 13.3. The quantitative estimate of drug-likeness (QED) is 0.873. The van der Waals surface area contributed by atoms with E-state index in [-0.39, 0.29) is 5.91 Å². The molecular formula is C14H17N3OS2. The van der Waals surface area contributed by atoms with Gasteiger partial charge in [0.05, 0.1) is 5.75 Å². The molecule has 0 bridgehead atoms. The van der Waals surface area contributed by atoms with E-state index in [1.165, 1.54) is 16.2 Å². The zero-order valence-electron chi connectivity index (χ0n) is 11.7. The number of benzene rings is 1. The second-order valence-corrected chi connectivity index (χ2v) is 7.42. The van der Waals surface area contributed by atoms with Gasteiger partial charge in [-0.15, -0.1) is 22.0 Å². The number of hydrogen-bond acceptors (Lipinski definition) is 5. The van der Waals surface area contributed by atoms with E-state index in [9.17, 15) is 4.79 Å². The smallest absolute Gasteiger partial charge is 0.231 e. The van der Waals surface area contributed by atoms with Crippen molar-refractivity contribution in [1.29, 1.82) is 0 Å². The molecule has 0 spiro atoms. The molecule has 0 aliphatic carbocycles. The number of hydrogen-bond donors (Lipinski definition) is 1. The fourth-order valence-corrected chi connectivity index (χ4v) is 2.95. The van der Waals surface area contributed by atoms with E-state index >= 15 is 0 Å². The lowest BCUT2D eigenvalue weighted by Crippen LogP contribution is -2.27. The molecule has 0 radical (unpaired) electrons. The van der Waals surface area contributed by atoms with Crippen molar-refractivity contribution in [2.24, 2.45) is 5.41 Å². The van der Waals surface area contributed by atoms with Gasteiger partial charge in [-0.1, -0.05) is 50.3 Å². The summed E-state index contributed by atoms with van der Waals surface area (Å²) in [6.07, 6.45) is 0. The molecule has 4 nitrogen and oxygen atoms in total. The van der Waals surface area contributed by atoms with E-state index in [2.05, 4.69) is 27.6 Å². The van der Waals surface area contributed by atoms with Crippen LogP contribution >= 0.6 is 23.1 Å². The summed E-state index contributed by atoms with van der Waals surface area (Å²) in [4.78, 5) is 13.0. The lowest BCUT2D eigenvalue weighted by Gasteiger charge is -2.15. The van der Waals surface area contributed by atoms with E-state index in [0.29, 0.717) is 5.13 Å². The maximum Gasteiger partial charge on any atom is 0.231 e. The SMILES string of the molecule is CC(C)(C)C(=O)Nc1nnc(CSc2ccccc2)s1. The average molecular weight is 307 g/mol. The number of nitrogens with one attached hydrogen (secondary N) is 1.